The fourth-order valence-corrected chi connectivity index (χ4v) is 4.64. The van der Waals surface area contributed by atoms with Crippen LogP contribution in [0.1, 0.15) is 27.5 Å². The summed E-state index contributed by atoms with van der Waals surface area (Å²) < 4.78 is 4.85. The van der Waals surface area contributed by atoms with Crippen LogP contribution in [-0.2, 0) is 4.79 Å². The second-order valence-electron chi connectivity index (χ2n) is 8.21. The summed E-state index contributed by atoms with van der Waals surface area (Å²) in [5.74, 6) is 0.236. The fourth-order valence-electron chi connectivity index (χ4n) is 4.64. The normalized spacial score (nSPS) is 21.4. The first-order valence-electron chi connectivity index (χ1n) is 10.3. The molecular formula is C23H27N3O6. The number of amides is 3. The minimum Gasteiger partial charge on any atom is -0.483 e. The van der Waals surface area contributed by atoms with Crippen molar-refractivity contribution in [2.24, 2.45) is 11.8 Å². The maximum absolute atomic E-state index is 12.9. The highest BCUT2D eigenvalue weighted by molar-refractivity contribution is 5.94. The van der Waals surface area contributed by atoms with E-state index in [1.165, 1.54) is 18.4 Å². The number of rotatable bonds is 2. The standard InChI is InChI=1S/C22H25N3O4.CH2O2/c1-14-6-4-5-7-17(14)20-18-12-24(21(27)15-8-9-19(26)29-13-15)10-16(18)11-25(20)22(28)23(2)3;2-1-3/h4-9,13,16,18,20H,10-12H2,1-3H3;1H,(H,2,3)/t16-,18-,20+;/m1./s1. The van der Waals surface area contributed by atoms with Gasteiger partial charge in [0.1, 0.15) is 6.26 Å². The highest BCUT2D eigenvalue weighted by atomic mass is 16.4. The van der Waals surface area contributed by atoms with Gasteiger partial charge in [-0.2, -0.15) is 0 Å². The summed E-state index contributed by atoms with van der Waals surface area (Å²) in [5.41, 5.74) is 2.18. The van der Waals surface area contributed by atoms with Crippen molar-refractivity contribution in [3.63, 3.8) is 0 Å². The lowest BCUT2D eigenvalue weighted by Crippen LogP contribution is -2.42. The van der Waals surface area contributed by atoms with Crippen molar-refractivity contribution in [2.45, 2.75) is 13.0 Å². The van der Waals surface area contributed by atoms with E-state index in [4.69, 9.17) is 14.3 Å². The second-order valence-corrected chi connectivity index (χ2v) is 8.21. The van der Waals surface area contributed by atoms with Gasteiger partial charge in [-0.3, -0.25) is 9.59 Å². The molecule has 170 valence electrons. The lowest BCUT2D eigenvalue weighted by Gasteiger charge is -2.32. The van der Waals surface area contributed by atoms with Gasteiger partial charge in [0.15, 0.2) is 0 Å². The van der Waals surface area contributed by atoms with Crippen molar-refractivity contribution in [1.82, 2.24) is 14.7 Å². The third-order valence-corrected chi connectivity index (χ3v) is 6.03. The SMILES string of the molecule is Cc1ccccc1[C@H]1[C@@H]2CN(C(=O)c3ccc(=O)oc3)C[C@@H]2CN1C(=O)N(C)C.O=CO. The van der Waals surface area contributed by atoms with Gasteiger partial charge < -0.3 is 24.2 Å². The molecule has 0 bridgehead atoms. The van der Waals surface area contributed by atoms with Crippen LogP contribution in [0.25, 0.3) is 0 Å². The minimum absolute atomic E-state index is 0.00429. The number of urea groups is 1. The van der Waals surface area contributed by atoms with Crippen LogP contribution in [0.2, 0.25) is 0 Å². The minimum atomic E-state index is -0.475. The van der Waals surface area contributed by atoms with Crippen LogP contribution in [0.15, 0.2) is 51.9 Å². The van der Waals surface area contributed by atoms with E-state index in [9.17, 15) is 14.4 Å². The van der Waals surface area contributed by atoms with Crippen molar-refractivity contribution < 1.29 is 23.9 Å². The molecule has 9 heteroatoms. The number of carboxylic acid groups (broad SMARTS) is 1. The summed E-state index contributed by atoms with van der Waals surface area (Å²) in [4.78, 5) is 50.7. The van der Waals surface area contributed by atoms with Crippen molar-refractivity contribution in [2.75, 3.05) is 33.7 Å². The van der Waals surface area contributed by atoms with E-state index in [1.807, 2.05) is 21.9 Å². The molecule has 32 heavy (non-hydrogen) atoms. The lowest BCUT2D eigenvalue weighted by molar-refractivity contribution is -0.122. The Morgan fingerprint density at radius 1 is 1.12 bits per heavy atom. The van der Waals surface area contributed by atoms with Crippen LogP contribution >= 0.6 is 0 Å². The van der Waals surface area contributed by atoms with E-state index in [2.05, 4.69) is 19.1 Å². The van der Waals surface area contributed by atoms with E-state index in [-0.39, 0.29) is 36.3 Å². The van der Waals surface area contributed by atoms with E-state index in [0.29, 0.717) is 25.2 Å². The predicted octanol–water partition coefficient (Wildman–Crippen LogP) is 2.08. The molecule has 1 aromatic carbocycles. The summed E-state index contributed by atoms with van der Waals surface area (Å²) in [6.07, 6.45) is 1.22. The highest BCUT2D eigenvalue weighted by Crippen LogP contribution is 2.46. The van der Waals surface area contributed by atoms with Crippen LogP contribution in [0.3, 0.4) is 0 Å². The number of nitrogens with zero attached hydrogens (tertiary/aromatic N) is 3. The van der Waals surface area contributed by atoms with Crippen LogP contribution in [0.4, 0.5) is 4.79 Å². The predicted molar refractivity (Wildman–Crippen MR) is 116 cm³/mol. The smallest absolute Gasteiger partial charge is 0.335 e. The van der Waals surface area contributed by atoms with Crippen LogP contribution < -0.4 is 5.63 Å². The molecule has 0 aliphatic carbocycles. The molecule has 0 unspecified atom stereocenters. The zero-order valence-electron chi connectivity index (χ0n) is 18.3. The summed E-state index contributed by atoms with van der Waals surface area (Å²) in [7, 11) is 3.54. The number of aryl methyl sites for hydroxylation is 1. The molecule has 0 spiro atoms. The van der Waals surface area contributed by atoms with E-state index in [0.717, 1.165) is 11.1 Å². The second kappa shape index (κ2) is 9.67. The van der Waals surface area contributed by atoms with E-state index >= 15 is 0 Å². The van der Waals surface area contributed by atoms with Gasteiger partial charge in [-0.25, -0.2) is 9.59 Å². The molecule has 9 nitrogen and oxygen atoms in total. The summed E-state index contributed by atoms with van der Waals surface area (Å²) >= 11 is 0. The first-order valence-corrected chi connectivity index (χ1v) is 10.3. The third kappa shape index (κ3) is 4.51. The molecule has 4 rings (SSSR count). The zero-order valence-corrected chi connectivity index (χ0v) is 18.3. The molecule has 1 N–H and O–H groups in total. The Kier molecular flexibility index (Phi) is 6.97. The molecule has 2 fully saturated rings. The fraction of sp³-hybridized carbons (Fsp3) is 0.391. The van der Waals surface area contributed by atoms with Gasteiger partial charge in [-0.15, -0.1) is 0 Å². The number of carbonyl (C=O) groups is 3. The molecule has 2 aliphatic heterocycles. The monoisotopic (exact) mass is 441 g/mol. The Bertz CT molecular complexity index is 1030. The summed E-state index contributed by atoms with van der Waals surface area (Å²) in [5, 5.41) is 6.89. The number of likely N-dealkylation sites (tertiary alicyclic amines) is 2. The van der Waals surface area contributed by atoms with Crippen LogP contribution in [0, 0.1) is 18.8 Å². The molecule has 2 aromatic rings. The maximum Gasteiger partial charge on any atom is 0.335 e. The van der Waals surface area contributed by atoms with Crippen LogP contribution in [0.5, 0.6) is 0 Å². The average Bonchev–Trinajstić information content (AvgIpc) is 3.32. The van der Waals surface area contributed by atoms with Crippen molar-refractivity contribution in [1.29, 1.82) is 0 Å². The quantitative estimate of drug-likeness (QED) is 0.715. The average molecular weight is 441 g/mol. The number of fused-ring (bicyclic) bond motifs is 1. The van der Waals surface area contributed by atoms with Gasteiger partial charge in [0, 0.05) is 51.6 Å². The topological polar surface area (TPSA) is 111 Å². The Balaban J connectivity index is 0.000000913. The van der Waals surface area contributed by atoms with Gasteiger partial charge >= 0.3 is 11.7 Å². The molecule has 0 saturated carbocycles. The van der Waals surface area contributed by atoms with E-state index < -0.39 is 5.63 Å². The first-order chi connectivity index (χ1) is 15.3. The van der Waals surface area contributed by atoms with Crippen LogP contribution in [-0.4, -0.2) is 71.9 Å². The molecule has 3 atom stereocenters. The first kappa shape index (κ1) is 23.1. The molecule has 0 radical (unpaired) electrons. The van der Waals surface area contributed by atoms with Crippen molar-refractivity contribution in [3.05, 3.63) is 69.8 Å². The number of carbonyl (C=O) groups excluding carboxylic acids is 2. The largest absolute Gasteiger partial charge is 0.483 e. The van der Waals surface area contributed by atoms with E-state index in [1.54, 1.807) is 19.0 Å². The molecule has 3 amide bonds. The van der Waals surface area contributed by atoms with Gasteiger partial charge in [-0.1, -0.05) is 24.3 Å². The molecule has 2 saturated heterocycles. The van der Waals surface area contributed by atoms with Gasteiger partial charge in [-0.05, 0) is 24.1 Å². The molecule has 3 heterocycles. The molecule has 2 aliphatic rings. The lowest BCUT2D eigenvalue weighted by atomic mass is 9.88. The summed E-state index contributed by atoms with van der Waals surface area (Å²) in [6, 6.07) is 10.8. The van der Waals surface area contributed by atoms with Gasteiger partial charge in [0.2, 0.25) is 0 Å². The van der Waals surface area contributed by atoms with Crippen molar-refractivity contribution >= 4 is 18.4 Å². The number of hydrogen-bond donors (Lipinski definition) is 1. The maximum atomic E-state index is 12.9. The Hall–Kier alpha value is -3.62. The summed E-state index contributed by atoms with van der Waals surface area (Å²) in [6.45, 7) is 3.58. The molecule has 1 aromatic heterocycles. The Morgan fingerprint density at radius 2 is 1.81 bits per heavy atom. The number of hydrogen-bond acceptors (Lipinski definition) is 5. The Morgan fingerprint density at radius 3 is 2.41 bits per heavy atom. The van der Waals surface area contributed by atoms with Crippen molar-refractivity contribution in [3.8, 4) is 0 Å². The van der Waals surface area contributed by atoms with Gasteiger partial charge in [0.05, 0.1) is 11.6 Å². The third-order valence-electron chi connectivity index (χ3n) is 6.03. The van der Waals surface area contributed by atoms with Gasteiger partial charge in [0.25, 0.3) is 12.4 Å². The number of benzene rings is 1. The zero-order chi connectivity index (χ0) is 23.4. The highest BCUT2D eigenvalue weighted by Gasteiger charge is 2.50. The molecular weight excluding hydrogens is 414 g/mol. The Labute approximate surface area is 185 Å².